The van der Waals surface area contributed by atoms with E-state index in [4.69, 9.17) is 10.5 Å². The van der Waals surface area contributed by atoms with E-state index < -0.39 is 0 Å². The third-order valence-electron chi connectivity index (χ3n) is 2.67. The molecule has 0 atom stereocenters. The number of nitrogens with two attached hydrogens (primary N) is 1. The van der Waals surface area contributed by atoms with E-state index >= 15 is 0 Å². The highest BCUT2D eigenvalue weighted by molar-refractivity contribution is 5.25. The second kappa shape index (κ2) is 5.64. The van der Waals surface area contributed by atoms with Gasteiger partial charge >= 0.3 is 0 Å². The van der Waals surface area contributed by atoms with Crippen LogP contribution in [0.1, 0.15) is 18.1 Å². The van der Waals surface area contributed by atoms with Gasteiger partial charge in [-0.2, -0.15) is 5.10 Å². The Balaban J connectivity index is 2.01. The Labute approximate surface area is 105 Å². The lowest BCUT2D eigenvalue weighted by molar-refractivity contribution is 0.305. The van der Waals surface area contributed by atoms with Gasteiger partial charge in [-0.25, -0.2) is 4.39 Å². The van der Waals surface area contributed by atoms with E-state index in [1.165, 1.54) is 6.07 Å². The molecule has 0 bridgehead atoms. The van der Waals surface area contributed by atoms with Gasteiger partial charge in [-0.1, -0.05) is 6.07 Å². The van der Waals surface area contributed by atoms with Gasteiger partial charge < -0.3 is 10.5 Å². The number of halogens is 1. The Morgan fingerprint density at radius 3 is 2.94 bits per heavy atom. The predicted octanol–water partition coefficient (Wildman–Crippen LogP) is 2.08. The van der Waals surface area contributed by atoms with Gasteiger partial charge in [0.2, 0.25) is 0 Å². The first kappa shape index (κ1) is 12.6. The fraction of sp³-hybridized carbons (Fsp3) is 0.308. The van der Waals surface area contributed by atoms with Gasteiger partial charge in [0.05, 0.1) is 12.4 Å². The maximum atomic E-state index is 13.2. The van der Waals surface area contributed by atoms with Gasteiger partial charge in [0, 0.05) is 18.7 Å². The van der Waals surface area contributed by atoms with Crippen LogP contribution in [0.3, 0.4) is 0 Å². The second-order valence-corrected chi connectivity index (χ2v) is 3.95. The lowest BCUT2D eigenvalue weighted by Crippen LogP contribution is -2.02. The molecule has 18 heavy (non-hydrogen) atoms. The van der Waals surface area contributed by atoms with Crippen molar-refractivity contribution in [3.8, 4) is 5.75 Å². The summed E-state index contributed by atoms with van der Waals surface area (Å²) in [5.74, 6) is 0.426. The molecule has 1 aromatic heterocycles. The highest BCUT2D eigenvalue weighted by Gasteiger charge is 2.03. The normalized spacial score (nSPS) is 10.6. The van der Waals surface area contributed by atoms with Gasteiger partial charge in [-0.15, -0.1) is 0 Å². The second-order valence-electron chi connectivity index (χ2n) is 3.95. The smallest absolute Gasteiger partial charge is 0.157 e. The molecule has 2 rings (SSSR count). The quantitative estimate of drug-likeness (QED) is 0.882. The van der Waals surface area contributed by atoms with Crippen molar-refractivity contribution in [1.82, 2.24) is 9.78 Å². The third kappa shape index (κ3) is 2.87. The highest BCUT2D eigenvalue weighted by atomic mass is 19.1. The first-order chi connectivity index (χ1) is 8.72. The number of rotatable bonds is 5. The topological polar surface area (TPSA) is 53.1 Å². The molecule has 2 N–H and O–H groups in total. The molecule has 0 spiro atoms. The minimum atomic E-state index is -0.278. The van der Waals surface area contributed by atoms with Crippen molar-refractivity contribution in [3.63, 3.8) is 0 Å². The first-order valence-electron chi connectivity index (χ1n) is 5.85. The molecule has 1 aromatic carbocycles. The molecule has 0 radical (unpaired) electrons. The molecule has 0 saturated carbocycles. The van der Waals surface area contributed by atoms with E-state index in [9.17, 15) is 4.39 Å². The highest BCUT2D eigenvalue weighted by Crippen LogP contribution is 2.14. The minimum Gasteiger partial charge on any atom is -0.486 e. The van der Waals surface area contributed by atoms with Crippen molar-refractivity contribution in [2.75, 3.05) is 0 Å². The SMILES string of the molecule is CCn1cc(OCc2ccc(F)c(CN)c2)cn1. The largest absolute Gasteiger partial charge is 0.486 e. The number of hydrogen-bond acceptors (Lipinski definition) is 3. The molecule has 0 aliphatic heterocycles. The van der Waals surface area contributed by atoms with Crippen LogP contribution in [0.2, 0.25) is 0 Å². The molecule has 0 aliphatic carbocycles. The standard InChI is InChI=1S/C13H16FN3O/c1-2-17-8-12(7-16-17)18-9-10-3-4-13(14)11(5-10)6-15/h3-5,7-8H,2,6,9,15H2,1H3. The van der Waals surface area contributed by atoms with Crippen molar-refractivity contribution >= 4 is 0 Å². The molecule has 96 valence electrons. The molecule has 5 heteroatoms. The predicted molar refractivity (Wildman–Crippen MR) is 66.5 cm³/mol. The van der Waals surface area contributed by atoms with Crippen molar-refractivity contribution in [3.05, 3.63) is 47.5 Å². The van der Waals surface area contributed by atoms with Crippen LogP contribution in [-0.2, 0) is 19.7 Å². The maximum absolute atomic E-state index is 13.2. The summed E-state index contributed by atoms with van der Waals surface area (Å²) in [6.07, 6.45) is 3.49. The van der Waals surface area contributed by atoms with Crippen molar-refractivity contribution in [2.24, 2.45) is 5.73 Å². The Kier molecular flexibility index (Phi) is 3.94. The zero-order valence-corrected chi connectivity index (χ0v) is 10.3. The summed E-state index contributed by atoms with van der Waals surface area (Å²) < 4.78 is 20.6. The van der Waals surface area contributed by atoms with Crippen LogP contribution in [0.5, 0.6) is 5.75 Å². The summed E-state index contributed by atoms with van der Waals surface area (Å²) >= 11 is 0. The summed E-state index contributed by atoms with van der Waals surface area (Å²) in [6.45, 7) is 3.37. The number of nitrogens with zero attached hydrogens (tertiary/aromatic N) is 2. The van der Waals surface area contributed by atoms with E-state index in [2.05, 4.69) is 5.10 Å². The Morgan fingerprint density at radius 2 is 2.28 bits per heavy atom. The van der Waals surface area contributed by atoms with Gasteiger partial charge in [-0.05, 0) is 24.6 Å². The van der Waals surface area contributed by atoms with Crippen LogP contribution in [0.15, 0.2) is 30.6 Å². The molecule has 4 nitrogen and oxygen atoms in total. The summed E-state index contributed by atoms with van der Waals surface area (Å²) in [4.78, 5) is 0. The van der Waals surface area contributed by atoms with Crippen LogP contribution in [0.25, 0.3) is 0 Å². The molecule has 0 saturated heterocycles. The average molecular weight is 249 g/mol. The van der Waals surface area contributed by atoms with E-state index in [1.54, 1.807) is 23.0 Å². The summed E-state index contributed by atoms with van der Waals surface area (Å²) in [6, 6.07) is 4.83. The number of aromatic nitrogens is 2. The average Bonchev–Trinajstić information content (AvgIpc) is 2.86. The summed E-state index contributed by atoms with van der Waals surface area (Å²) in [7, 11) is 0. The third-order valence-corrected chi connectivity index (χ3v) is 2.67. The van der Waals surface area contributed by atoms with Crippen LogP contribution >= 0.6 is 0 Å². The zero-order valence-electron chi connectivity index (χ0n) is 10.3. The molecule has 2 aromatic rings. The van der Waals surface area contributed by atoms with Gasteiger partial charge in [0.15, 0.2) is 5.75 Å². The molecule has 0 unspecified atom stereocenters. The number of ether oxygens (including phenoxy) is 1. The van der Waals surface area contributed by atoms with Gasteiger partial charge in [0.1, 0.15) is 12.4 Å². The first-order valence-corrected chi connectivity index (χ1v) is 5.85. The Morgan fingerprint density at radius 1 is 1.44 bits per heavy atom. The number of benzene rings is 1. The lowest BCUT2D eigenvalue weighted by Gasteiger charge is -2.06. The molecule has 0 fully saturated rings. The summed E-state index contributed by atoms with van der Waals surface area (Å²) in [5, 5.41) is 4.11. The molecule has 0 amide bonds. The summed E-state index contributed by atoms with van der Waals surface area (Å²) in [5.41, 5.74) is 6.84. The Bertz CT molecular complexity index is 525. The van der Waals surface area contributed by atoms with E-state index in [-0.39, 0.29) is 12.4 Å². The van der Waals surface area contributed by atoms with Gasteiger partial charge in [0.25, 0.3) is 0 Å². The molecular formula is C13H16FN3O. The van der Waals surface area contributed by atoms with Crippen LogP contribution in [0, 0.1) is 5.82 Å². The number of aryl methyl sites for hydroxylation is 1. The van der Waals surface area contributed by atoms with Crippen molar-refractivity contribution in [1.29, 1.82) is 0 Å². The lowest BCUT2D eigenvalue weighted by atomic mass is 10.1. The fourth-order valence-corrected chi connectivity index (χ4v) is 1.63. The van der Waals surface area contributed by atoms with E-state index in [0.29, 0.717) is 17.9 Å². The van der Waals surface area contributed by atoms with Gasteiger partial charge in [-0.3, -0.25) is 4.68 Å². The number of hydrogen-bond donors (Lipinski definition) is 1. The fourth-order valence-electron chi connectivity index (χ4n) is 1.63. The van der Waals surface area contributed by atoms with Crippen molar-refractivity contribution in [2.45, 2.75) is 26.6 Å². The van der Waals surface area contributed by atoms with E-state index in [0.717, 1.165) is 12.1 Å². The Hall–Kier alpha value is -1.88. The van der Waals surface area contributed by atoms with Crippen molar-refractivity contribution < 1.29 is 9.13 Å². The molecular weight excluding hydrogens is 233 g/mol. The maximum Gasteiger partial charge on any atom is 0.157 e. The monoisotopic (exact) mass is 249 g/mol. The minimum absolute atomic E-state index is 0.188. The molecule has 1 heterocycles. The van der Waals surface area contributed by atoms with E-state index in [1.807, 2.05) is 13.1 Å². The van der Waals surface area contributed by atoms with Crippen LogP contribution in [-0.4, -0.2) is 9.78 Å². The zero-order chi connectivity index (χ0) is 13.0. The van der Waals surface area contributed by atoms with Crippen LogP contribution < -0.4 is 10.5 Å². The molecule has 0 aliphatic rings. The van der Waals surface area contributed by atoms with Crippen LogP contribution in [0.4, 0.5) is 4.39 Å².